The van der Waals surface area contributed by atoms with Crippen LogP contribution in [-0.4, -0.2) is 76.1 Å². The van der Waals surface area contributed by atoms with Gasteiger partial charge in [0.1, 0.15) is 6.54 Å². The lowest BCUT2D eigenvalue weighted by Gasteiger charge is -2.32. The fourth-order valence-electron chi connectivity index (χ4n) is 4.55. The molecule has 1 amide bonds. The summed E-state index contributed by atoms with van der Waals surface area (Å²) in [4.78, 5) is 34.9. The highest BCUT2D eigenvalue weighted by atomic mass is 16.2. The number of nitrogens with zero attached hydrogens (tertiary/aromatic N) is 5. The van der Waals surface area contributed by atoms with Gasteiger partial charge < -0.3 is 10.2 Å². The Balaban J connectivity index is 1.43. The third-order valence-corrected chi connectivity index (χ3v) is 6.31. The summed E-state index contributed by atoms with van der Waals surface area (Å²) in [6.45, 7) is 5.70. The molecule has 0 bridgehead atoms. The van der Waals surface area contributed by atoms with Crippen molar-refractivity contribution in [1.29, 1.82) is 0 Å². The highest BCUT2D eigenvalue weighted by molar-refractivity contribution is 5.79. The lowest BCUT2D eigenvalue weighted by Crippen LogP contribution is -2.47. The van der Waals surface area contributed by atoms with Crippen molar-refractivity contribution in [3.63, 3.8) is 0 Å². The molecule has 4 rings (SSSR count). The van der Waals surface area contributed by atoms with Gasteiger partial charge in [-0.15, -0.1) is 0 Å². The van der Waals surface area contributed by atoms with Gasteiger partial charge in [-0.3, -0.25) is 18.8 Å². The minimum atomic E-state index is -0.118. The lowest BCUT2D eigenvalue weighted by molar-refractivity contribution is -0.121. The molecule has 2 aromatic heterocycles. The molecular weight excluding hydrogens is 368 g/mol. The highest BCUT2D eigenvalue weighted by Crippen LogP contribution is 2.29. The fourth-order valence-corrected chi connectivity index (χ4v) is 4.55. The van der Waals surface area contributed by atoms with E-state index in [9.17, 15) is 9.59 Å². The van der Waals surface area contributed by atoms with Crippen LogP contribution in [0.1, 0.15) is 38.1 Å². The summed E-state index contributed by atoms with van der Waals surface area (Å²) in [7, 11) is 2.13. The number of pyridine rings is 1. The standard InChI is InChI=1S/C21H32N6O2/c1-24-12-14-25(15-13-24)11-10-22-19(28)16-26-18-8-5-9-23-20(18)27(21(26)29)17-6-3-2-4-7-17/h5,8-9,17H,2-4,6-7,10-16H2,1H3,(H,22,28). The number of piperazine rings is 1. The predicted octanol–water partition coefficient (Wildman–Crippen LogP) is 1.07. The van der Waals surface area contributed by atoms with Crippen LogP contribution in [0, 0.1) is 0 Å². The van der Waals surface area contributed by atoms with Crippen molar-refractivity contribution in [2.24, 2.45) is 0 Å². The maximum atomic E-state index is 13.2. The summed E-state index contributed by atoms with van der Waals surface area (Å²) in [5.74, 6) is -0.118. The number of carbonyl (C=O) groups excluding carboxylic acids is 1. The fraction of sp³-hybridized carbons (Fsp3) is 0.667. The molecule has 3 heterocycles. The van der Waals surface area contributed by atoms with Crippen molar-refractivity contribution in [3.8, 4) is 0 Å². The number of hydrogen-bond acceptors (Lipinski definition) is 5. The molecule has 0 aromatic carbocycles. The average Bonchev–Trinajstić information content (AvgIpc) is 3.02. The Morgan fingerprint density at radius 3 is 2.69 bits per heavy atom. The highest BCUT2D eigenvalue weighted by Gasteiger charge is 2.24. The van der Waals surface area contributed by atoms with E-state index >= 15 is 0 Å². The summed E-state index contributed by atoms with van der Waals surface area (Å²) in [6, 6.07) is 3.91. The van der Waals surface area contributed by atoms with Crippen molar-refractivity contribution in [1.82, 2.24) is 29.2 Å². The Bertz CT molecular complexity index is 890. The van der Waals surface area contributed by atoms with Crippen molar-refractivity contribution < 1.29 is 4.79 Å². The second-order valence-corrected chi connectivity index (χ2v) is 8.37. The van der Waals surface area contributed by atoms with Gasteiger partial charge in [-0.05, 0) is 32.0 Å². The van der Waals surface area contributed by atoms with E-state index in [1.807, 2.05) is 16.7 Å². The van der Waals surface area contributed by atoms with Gasteiger partial charge in [-0.1, -0.05) is 19.3 Å². The van der Waals surface area contributed by atoms with Gasteiger partial charge in [-0.25, -0.2) is 9.78 Å². The molecule has 2 aliphatic rings. The topological polar surface area (TPSA) is 75.4 Å². The molecule has 8 nitrogen and oxygen atoms in total. The Hall–Kier alpha value is -2.19. The van der Waals surface area contributed by atoms with Crippen LogP contribution in [0.3, 0.4) is 0 Å². The van der Waals surface area contributed by atoms with Crippen LogP contribution in [-0.2, 0) is 11.3 Å². The monoisotopic (exact) mass is 400 g/mol. The molecule has 0 radical (unpaired) electrons. The summed E-state index contributed by atoms with van der Waals surface area (Å²) in [6.07, 6.45) is 7.25. The van der Waals surface area contributed by atoms with Crippen LogP contribution in [0.2, 0.25) is 0 Å². The van der Waals surface area contributed by atoms with E-state index in [-0.39, 0.29) is 24.2 Å². The Kier molecular flexibility index (Phi) is 6.30. The first-order valence-corrected chi connectivity index (χ1v) is 10.9. The number of aromatic nitrogens is 3. The molecule has 1 aliphatic carbocycles. The van der Waals surface area contributed by atoms with E-state index in [2.05, 4.69) is 27.1 Å². The Labute approximate surface area is 171 Å². The van der Waals surface area contributed by atoms with E-state index in [0.29, 0.717) is 12.2 Å². The molecule has 0 unspecified atom stereocenters. The molecule has 8 heteroatoms. The van der Waals surface area contributed by atoms with Crippen LogP contribution in [0.5, 0.6) is 0 Å². The number of imidazole rings is 1. The van der Waals surface area contributed by atoms with Gasteiger partial charge in [0.2, 0.25) is 5.91 Å². The second-order valence-electron chi connectivity index (χ2n) is 8.37. The molecule has 2 fully saturated rings. The number of carbonyl (C=O) groups is 1. The summed E-state index contributed by atoms with van der Waals surface area (Å²) in [5.41, 5.74) is 1.34. The molecule has 29 heavy (non-hydrogen) atoms. The van der Waals surface area contributed by atoms with Gasteiger partial charge in [-0.2, -0.15) is 0 Å². The SMILES string of the molecule is CN1CCN(CCNC(=O)Cn2c(=O)n(C3CCCCC3)c3ncccc32)CC1. The van der Waals surface area contributed by atoms with E-state index in [1.165, 1.54) is 6.42 Å². The summed E-state index contributed by atoms with van der Waals surface area (Å²) >= 11 is 0. The van der Waals surface area contributed by atoms with Gasteiger partial charge >= 0.3 is 5.69 Å². The first-order valence-electron chi connectivity index (χ1n) is 10.9. The Morgan fingerprint density at radius 2 is 1.93 bits per heavy atom. The average molecular weight is 401 g/mol. The van der Waals surface area contributed by atoms with Gasteiger partial charge in [0.05, 0.1) is 5.52 Å². The van der Waals surface area contributed by atoms with Gasteiger partial charge in [0, 0.05) is 51.5 Å². The Morgan fingerprint density at radius 1 is 1.17 bits per heavy atom. The number of amides is 1. The molecule has 0 atom stereocenters. The maximum Gasteiger partial charge on any atom is 0.331 e. The molecular formula is C21H32N6O2. The minimum absolute atomic E-state index is 0.0451. The van der Waals surface area contributed by atoms with E-state index in [1.54, 1.807) is 10.8 Å². The molecule has 0 spiro atoms. The number of rotatable bonds is 6. The summed E-state index contributed by atoms with van der Waals surface area (Å²) < 4.78 is 3.41. The smallest absolute Gasteiger partial charge is 0.331 e. The number of fused-ring (bicyclic) bond motifs is 1. The third kappa shape index (κ3) is 4.53. The predicted molar refractivity (Wildman–Crippen MR) is 113 cm³/mol. The zero-order valence-corrected chi connectivity index (χ0v) is 17.3. The third-order valence-electron chi connectivity index (χ3n) is 6.31. The first kappa shape index (κ1) is 20.1. The number of nitrogens with one attached hydrogen (secondary N) is 1. The van der Waals surface area contributed by atoms with E-state index in [0.717, 1.165) is 63.9 Å². The zero-order chi connectivity index (χ0) is 20.2. The number of hydrogen-bond donors (Lipinski definition) is 1. The van der Waals surface area contributed by atoms with Crippen molar-refractivity contribution in [2.45, 2.75) is 44.7 Å². The molecule has 158 valence electrons. The van der Waals surface area contributed by atoms with Crippen molar-refractivity contribution >= 4 is 17.1 Å². The van der Waals surface area contributed by atoms with E-state index in [4.69, 9.17) is 0 Å². The minimum Gasteiger partial charge on any atom is -0.353 e. The summed E-state index contributed by atoms with van der Waals surface area (Å²) in [5, 5.41) is 2.99. The zero-order valence-electron chi connectivity index (χ0n) is 17.3. The number of likely N-dealkylation sites (N-methyl/N-ethyl adjacent to an activating group) is 1. The molecule has 1 N–H and O–H groups in total. The van der Waals surface area contributed by atoms with Gasteiger partial charge in [0.25, 0.3) is 0 Å². The molecule has 1 aliphatic heterocycles. The van der Waals surface area contributed by atoms with Crippen LogP contribution < -0.4 is 11.0 Å². The molecule has 2 aromatic rings. The van der Waals surface area contributed by atoms with Crippen molar-refractivity contribution in [2.75, 3.05) is 46.3 Å². The quantitative estimate of drug-likeness (QED) is 0.785. The first-order chi connectivity index (χ1) is 14.1. The van der Waals surface area contributed by atoms with Crippen molar-refractivity contribution in [3.05, 3.63) is 28.8 Å². The van der Waals surface area contributed by atoms with Crippen LogP contribution >= 0.6 is 0 Å². The normalized spacial score (nSPS) is 19.6. The largest absolute Gasteiger partial charge is 0.353 e. The van der Waals surface area contributed by atoms with Crippen LogP contribution in [0.25, 0.3) is 11.2 Å². The molecule has 1 saturated heterocycles. The lowest BCUT2D eigenvalue weighted by atomic mass is 9.95. The van der Waals surface area contributed by atoms with E-state index < -0.39 is 0 Å². The van der Waals surface area contributed by atoms with Crippen LogP contribution in [0.15, 0.2) is 23.1 Å². The second kappa shape index (κ2) is 9.09. The van der Waals surface area contributed by atoms with Crippen LogP contribution in [0.4, 0.5) is 0 Å². The maximum absolute atomic E-state index is 13.2. The van der Waals surface area contributed by atoms with Gasteiger partial charge in [0.15, 0.2) is 5.65 Å². The molecule has 1 saturated carbocycles.